The Balaban J connectivity index is 1.63. The highest BCUT2D eigenvalue weighted by Gasteiger charge is 2.51. The minimum Gasteiger partial charge on any atom is -0.387 e. The fourth-order valence-corrected chi connectivity index (χ4v) is 6.09. The third kappa shape index (κ3) is 5.90. The molecule has 18 nitrogen and oxygen atoms in total. The predicted octanol–water partition coefficient (Wildman–Crippen LogP) is -2.49. The molecule has 0 aromatic heterocycles. The molecule has 7 N–H and O–H groups in total. The van der Waals surface area contributed by atoms with Gasteiger partial charge in [0.1, 0.15) is 37.0 Å². The van der Waals surface area contributed by atoms with Gasteiger partial charge in [-0.1, -0.05) is 0 Å². The number of aliphatic imine (C=N–C) groups is 3. The molecule has 1 saturated heterocycles. The van der Waals surface area contributed by atoms with Gasteiger partial charge in [0.2, 0.25) is 0 Å². The number of hydrogen-bond donors (Lipinski definition) is 8. The Kier molecular flexibility index (Phi) is 7.23. The largest absolute Gasteiger partial charge is 0.490 e. The first-order valence-corrected chi connectivity index (χ1v) is 13.2. The van der Waals surface area contributed by atoms with Crippen LogP contribution >= 0.6 is 36.1 Å². The highest BCUT2D eigenvalue weighted by Crippen LogP contribution is 2.66. The molecule has 32 heavy (non-hydrogen) atoms. The zero-order chi connectivity index (χ0) is 24.1. The summed E-state index contributed by atoms with van der Waals surface area (Å²) in [5, 5.41) is 28.6. The molecule has 0 aromatic carbocycles. The number of ether oxygens (including phenoxy) is 1. The van der Waals surface area contributed by atoms with Crippen molar-refractivity contribution in [2.45, 2.75) is 29.6 Å². The van der Waals surface area contributed by atoms with Gasteiger partial charge >= 0.3 is 23.5 Å². The first kappa shape index (κ1) is 26.0. The van der Waals surface area contributed by atoms with Gasteiger partial charge in [-0.2, -0.15) is 8.62 Å². The van der Waals surface area contributed by atoms with Gasteiger partial charge in [0, 0.05) is 0 Å². The average Bonchev–Trinajstić information content (AvgIpc) is 3.13. The Labute approximate surface area is 183 Å². The maximum Gasteiger partial charge on any atom is 0.490 e. The summed E-state index contributed by atoms with van der Waals surface area (Å²) in [4.78, 5) is 48.4. The molecule has 0 saturated carbocycles. The van der Waals surface area contributed by atoms with E-state index in [0.29, 0.717) is 0 Å². The Morgan fingerprint density at radius 2 is 1.81 bits per heavy atom. The lowest BCUT2D eigenvalue weighted by Crippen LogP contribution is -2.50. The molecule has 0 radical (unpaired) electrons. The van der Waals surface area contributed by atoms with Gasteiger partial charge in [0.15, 0.2) is 12.1 Å². The Morgan fingerprint density at radius 3 is 2.44 bits per heavy atom. The van der Waals surface area contributed by atoms with E-state index < -0.39 is 59.7 Å². The molecule has 0 spiro atoms. The van der Waals surface area contributed by atoms with Crippen molar-refractivity contribution in [3.8, 4) is 0 Å². The molecule has 0 bridgehead atoms. The van der Waals surface area contributed by atoms with E-state index in [-0.39, 0.29) is 18.2 Å². The summed E-state index contributed by atoms with van der Waals surface area (Å²) in [7, 11) is -16.7. The van der Waals surface area contributed by atoms with E-state index in [4.69, 9.17) is 19.4 Å². The van der Waals surface area contributed by atoms with Gasteiger partial charge in [0.05, 0.1) is 6.61 Å². The van der Waals surface area contributed by atoms with Gasteiger partial charge < -0.3 is 44.5 Å². The standard InChI is InChI=1S/C10H17N4O14P3S/c15-5-4(1-25-30(21,22)28-31(23,24)27-29(18,19)20)26-9(6(5)16)14-3-12-7-8(14)11-2-13-10(7,17)32/h2,4-6,9,15-17,32H,1,3H2,(H,21,22)(H,23,24)(H2,18,19,20)/t4-,5-,6-,9-,10?/m1/s1. The molecule has 1 fully saturated rings. The van der Waals surface area contributed by atoms with Gasteiger partial charge in [-0.05, 0) is 0 Å². The van der Waals surface area contributed by atoms with Crippen LogP contribution in [0.25, 0.3) is 0 Å². The van der Waals surface area contributed by atoms with Crippen molar-refractivity contribution in [3.63, 3.8) is 0 Å². The number of aliphatic hydroxyl groups excluding tert-OH is 2. The quantitative estimate of drug-likeness (QED) is 0.0895. The number of hydrogen-bond acceptors (Lipinski definition) is 15. The molecular formula is C10H17N4O14P3S. The van der Waals surface area contributed by atoms with Gasteiger partial charge in [-0.3, -0.25) is 9.52 Å². The number of phosphoric acid groups is 3. The lowest BCUT2D eigenvalue weighted by molar-refractivity contribution is -0.0681. The fraction of sp³-hybridized carbons (Fsp3) is 0.700. The average molecular weight is 542 g/mol. The number of fused-ring (bicyclic) bond motifs is 1. The number of phosphoric ester groups is 1. The third-order valence-electron chi connectivity index (χ3n) is 4.06. The van der Waals surface area contributed by atoms with Crippen LogP contribution < -0.4 is 0 Å². The van der Waals surface area contributed by atoms with Crippen molar-refractivity contribution in [3.05, 3.63) is 0 Å². The summed E-state index contributed by atoms with van der Waals surface area (Å²) < 4.78 is 50.7. The number of amidine groups is 1. The third-order valence-corrected chi connectivity index (χ3v) is 8.19. The van der Waals surface area contributed by atoms with E-state index >= 15 is 0 Å². The van der Waals surface area contributed by atoms with Crippen LogP contribution in [0.3, 0.4) is 0 Å². The zero-order valence-corrected chi connectivity index (χ0v) is 18.9. The molecule has 0 aliphatic carbocycles. The monoisotopic (exact) mass is 542 g/mol. The van der Waals surface area contributed by atoms with Crippen LogP contribution in [-0.4, -0.2) is 101 Å². The molecule has 3 aliphatic heterocycles. The van der Waals surface area contributed by atoms with Crippen molar-refractivity contribution < 1.29 is 66.5 Å². The summed E-state index contributed by atoms with van der Waals surface area (Å²) in [6.07, 6.45) is -5.16. The van der Waals surface area contributed by atoms with Gasteiger partial charge in [-0.15, -0.1) is 12.6 Å². The number of aliphatic hydroxyl groups is 3. The predicted molar refractivity (Wildman–Crippen MR) is 104 cm³/mol. The molecule has 0 amide bonds. The molecule has 3 rings (SSSR count). The first-order valence-electron chi connectivity index (χ1n) is 8.19. The number of nitrogens with zero attached hydrogens (tertiary/aromatic N) is 4. The fourth-order valence-electron chi connectivity index (χ4n) is 2.83. The van der Waals surface area contributed by atoms with Crippen LogP contribution in [0.4, 0.5) is 0 Å². The zero-order valence-electron chi connectivity index (χ0n) is 15.4. The second-order valence-corrected chi connectivity index (χ2v) is 11.4. The summed E-state index contributed by atoms with van der Waals surface area (Å²) in [5.41, 5.74) is -0.0506. The summed E-state index contributed by atoms with van der Waals surface area (Å²) in [6, 6.07) is 0. The van der Waals surface area contributed by atoms with E-state index in [1.54, 1.807) is 0 Å². The maximum absolute atomic E-state index is 11.8. The molecule has 22 heteroatoms. The smallest absolute Gasteiger partial charge is 0.387 e. The van der Waals surface area contributed by atoms with Crippen LogP contribution in [0.1, 0.15) is 0 Å². The molecule has 3 heterocycles. The van der Waals surface area contributed by atoms with E-state index in [1.165, 1.54) is 4.90 Å². The highest BCUT2D eigenvalue weighted by atomic mass is 32.1. The lowest BCUT2D eigenvalue weighted by atomic mass is 10.1. The van der Waals surface area contributed by atoms with E-state index in [2.05, 4.69) is 40.8 Å². The molecule has 0 aromatic rings. The van der Waals surface area contributed by atoms with Crippen LogP contribution in [0.15, 0.2) is 15.0 Å². The van der Waals surface area contributed by atoms with Crippen LogP contribution in [-0.2, 0) is 31.6 Å². The van der Waals surface area contributed by atoms with Crippen molar-refractivity contribution in [2.24, 2.45) is 15.0 Å². The molecule has 3 unspecified atom stereocenters. The van der Waals surface area contributed by atoms with Crippen LogP contribution in [0.2, 0.25) is 0 Å². The lowest BCUT2D eigenvalue weighted by Gasteiger charge is -2.30. The Bertz CT molecular complexity index is 997. The van der Waals surface area contributed by atoms with E-state index in [0.717, 1.165) is 6.34 Å². The van der Waals surface area contributed by atoms with Crippen molar-refractivity contribution in [1.82, 2.24) is 4.90 Å². The second-order valence-electron chi connectivity index (χ2n) is 6.38. The summed E-state index contributed by atoms with van der Waals surface area (Å²) in [5.74, 6) is 0.0299. The molecule has 3 aliphatic rings. The number of thiol groups is 1. The molecule has 182 valence electrons. The van der Waals surface area contributed by atoms with Crippen molar-refractivity contribution in [1.29, 1.82) is 0 Å². The topological polar surface area (TPSA) is 270 Å². The minimum atomic E-state index is -5.72. The SMILES string of the molecule is O=P(O)(O)OP(=O)(O)OP(=O)(O)OC[C@H]1O[C@@H](N2CN=C3C2=NC=NC3(O)S)[C@H](O)[C@@H]1O. The van der Waals surface area contributed by atoms with E-state index in [9.17, 15) is 33.9 Å². The van der Waals surface area contributed by atoms with Crippen LogP contribution in [0, 0.1) is 0 Å². The summed E-state index contributed by atoms with van der Waals surface area (Å²) in [6.45, 7) is -1.16. The van der Waals surface area contributed by atoms with Gasteiger partial charge in [-0.25, -0.2) is 23.7 Å². The van der Waals surface area contributed by atoms with Crippen LogP contribution in [0.5, 0.6) is 0 Å². The van der Waals surface area contributed by atoms with Crippen molar-refractivity contribution >= 4 is 54.0 Å². The second kappa shape index (κ2) is 8.88. The first-order chi connectivity index (χ1) is 14.5. The van der Waals surface area contributed by atoms with Crippen molar-refractivity contribution in [2.75, 3.05) is 13.3 Å². The number of rotatable bonds is 8. The Hall–Kier alpha value is -0.590. The maximum atomic E-state index is 11.8. The highest BCUT2D eigenvalue weighted by molar-refractivity contribution is 7.82. The minimum absolute atomic E-state index is 0.0299. The molecule has 7 atom stereocenters. The Morgan fingerprint density at radius 1 is 1.16 bits per heavy atom. The molecular weight excluding hydrogens is 525 g/mol. The van der Waals surface area contributed by atoms with E-state index in [1.807, 2.05) is 0 Å². The normalized spacial score (nSPS) is 36.3. The van der Waals surface area contributed by atoms with Gasteiger partial charge in [0.25, 0.3) is 5.06 Å². The summed E-state index contributed by atoms with van der Waals surface area (Å²) >= 11 is 3.93.